The first-order valence-corrected chi connectivity index (χ1v) is 5.19. The fraction of sp³-hybridized carbons (Fsp3) is 0.600. The van der Waals surface area contributed by atoms with Crippen molar-refractivity contribution in [3.63, 3.8) is 0 Å². The number of hydrogen-bond acceptors (Lipinski definition) is 5. The van der Waals surface area contributed by atoms with E-state index in [1.807, 2.05) is 13.0 Å². The lowest BCUT2D eigenvalue weighted by Crippen LogP contribution is -2.18. The third kappa shape index (κ3) is 2.56. The van der Waals surface area contributed by atoms with Crippen molar-refractivity contribution < 1.29 is 5.11 Å². The molecule has 5 nitrogen and oxygen atoms in total. The number of nitrogens with two attached hydrogens (primary N) is 1. The molecular weight excluding hydrogens is 192 g/mol. The first kappa shape index (κ1) is 10.2. The SMILES string of the molecule is Cc1cc(NC2CCC(O)C2)nc(N)n1. The molecule has 15 heavy (non-hydrogen) atoms. The summed E-state index contributed by atoms with van der Waals surface area (Å²) in [4.78, 5) is 8.10. The van der Waals surface area contributed by atoms with Gasteiger partial charge in [0.25, 0.3) is 0 Å². The zero-order valence-corrected chi connectivity index (χ0v) is 8.77. The highest BCUT2D eigenvalue weighted by molar-refractivity contribution is 5.41. The predicted octanol–water partition coefficient (Wildman–Crippen LogP) is 0.693. The Morgan fingerprint density at radius 1 is 1.47 bits per heavy atom. The van der Waals surface area contributed by atoms with Crippen LogP contribution in [-0.2, 0) is 0 Å². The second-order valence-electron chi connectivity index (χ2n) is 4.06. The Morgan fingerprint density at radius 2 is 2.27 bits per heavy atom. The Kier molecular flexibility index (Phi) is 2.73. The van der Waals surface area contributed by atoms with Crippen LogP contribution >= 0.6 is 0 Å². The molecule has 2 rings (SSSR count). The van der Waals surface area contributed by atoms with Gasteiger partial charge in [0.05, 0.1) is 6.10 Å². The summed E-state index contributed by atoms with van der Waals surface area (Å²) in [6, 6.07) is 2.16. The van der Waals surface area contributed by atoms with Gasteiger partial charge in [0.2, 0.25) is 5.95 Å². The van der Waals surface area contributed by atoms with Crippen LogP contribution in [0.5, 0.6) is 0 Å². The van der Waals surface area contributed by atoms with Crippen LogP contribution in [0.4, 0.5) is 11.8 Å². The third-order valence-corrected chi connectivity index (χ3v) is 2.63. The Morgan fingerprint density at radius 3 is 2.87 bits per heavy atom. The quantitative estimate of drug-likeness (QED) is 0.666. The molecule has 1 fully saturated rings. The van der Waals surface area contributed by atoms with E-state index in [2.05, 4.69) is 15.3 Å². The van der Waals surface area contributed by atoms with Gasteiger partial charge in [-0.15, -0.1) is 0 Å². The molecule has 0 aromatic carbocycles. The second-order valence-corrected chi connectivity index (χ2v) is 4.06. The highest BCUT2D eigenvalue weighted by Crippen LogP contribution is 2.22. The summed E-state index contributed by atoms with van der Waals surface area (Å²) < 4.78 is 0. The van der Waals surface area contributed by atoms with Crippen molar-refractivity contribution in [1.82, 2.24) is 9.97 Å². The number of aliphatic hydroxyl groups is 1. The van der Waals surface area contributed by atoms with E-state index in [4.69, 9.17) is 5.73 Å². The monoisotopic (exact) mass is 208 g/mol. The molecule has 1 aromatic heterocycles. The number of aromatic nitrogens is 2. The second kappa shape index (κ2) is 4.02. The van der Waals surface area contributed by atoms with Gasteiger partial charge in [-0.2, -0.15) is 4.98 Å². The van der Waals surface area contributed by atoms with E-state index < -0.39 is 0 Å². The van der Waals surface area contributed by atoms with Crippen LogP contribution in [0, 0.1) is 6.92 Å². The van der Waals surface area contributed by atoms with Crippen LogP contribution in [0.15, 0.2) is 6.07 Å². The molecule has 1 saturated carbocycles. The van der Waals surface area contributed by atoms with E-state index in [0.29, 0.717) is 6.04 Å². The molecule has 0 aliphatic heterocycles. The van der Waals surface area contributed by atoms with Crippen LogP contribution in [0.1, 0.15) is 25.0 Å². The fourth-order valence-electron chi connectivity index (χ4n) is 1.96. The zero-order valence-electron chi connectivity index (χ0n) is 8.77. The molecule has 0 saturated heterocycles. The van der Waals surface area contributed by atoms with Crippen molar-refractivity contribution in [2.75, 3.05) is 11.1 Å². The first-order valence-electron chi connectivity index (χ1n) is 5.19. The normalized spacial score (nSPS) is 25.5. The van der Waals surface area contributed by atoms with Gasteiger partial charge in [-0.1, -0.05) is 0 Å². The lowest BCUT2D eigenvalue weighted by molar-refractivity contribution is 0.182. The topological polar surface area (TPSA) is 84.1 Å². The van der Waals surface area contributed by atoms with E-state index in [1.165, 1.54) is 0 Å². The van der Waals surface area contributed by atoms with E-state index >= 15 is 0 Å². The lowest BCUT2D eigenvalue weighted by atomic mass is 10.2. The van der Waals surface area contributed by atoms with E-state index in [0.717, 1.165) is 30.8 Å². The third-order valence-electron chi connectivity index (χ3n) is 2.63. The molecule has 1 aliphatic carbocycles. The summed E-state index contributed by atoms with van der Waals surface area (Å²) in [6.07, 6.45) is 2.44. The van der Waals surface area contributed by atoms with Crippen molar-refractivity contribution in [2.45, 2.75) is 38.3 Å². The average molecular weight is 208 g/mol. The summed E-state index contributed by atoms with van der Waals surface area (Å²) in [7, 11) is 0. The number of nitrogen functional groups attached to an aromatic ring is 1. The molecule has 1 heterocycles. The van der Waals surface area contributed by atoms with Gasteiger partial charge in [-0.25, -0.2) is 4.98 Å². The molecule has 2 unspecified atom stereocenters. The van der Waals surface area contributed by atoms with Gasteiger partial charge in [-0.3, -0.25) is 0 Å². The molecule has 0 spiro atoms. The largest absolute Gasteiger partial charge is 0.393 e. The minimum Gasteiger partial charge on any atom is -0.393 e. The molecule has 5 heteroatoms. The van der Waals surface area contributed by atoms with Crippen LogP contribution in [0.2, 0.25) is 0 Å². The van der Waals surface area contributed by atoms with Crippen LogP contribution < -0.4 is 11.1 Å². The summed E-state index contributed by atoms with van der Waals surface area (Å²) in [5.41, 5.74) is 6.40. The summed E-state index contributed by atoms with van der Waals surface area (Å²) >= 11 is 0. The van der Waals surface area contributed by atoms with Crippen molar-refractivity contribution >= 4 is 11.8 Å². The van der Waals surface area contributed by atoms with Crippen molar-refractivity contribution in [2.24, 2.45) is 0 Å². The van der Waals surface area contributed by atoms with Crippen LogP contribution in [-0.4, -0.2) is 27.2 Å². The Labute approximate surface area is 88.7 Å². The summed E-state index contributed by atoms with van der Waals surface area (Å²) in [5, 5.41) is 12.7. The molecule has 4 N–H and O–H groups in total. The van der Waals surface area contributed by atoms with E-state index in [9.17, 15) is 5.11 Å². The number of aryl methyl sites for hydroxylation is 1. The number of nitrogens with zero attached hydrogens (tertiary/aromatic N) is 2. The molecule has 82 valence electrons. The van der Waals surface area contributed by atoms with Gasteiger partial charge in [-0.05, 0) is 26.2 Å². The number of nitrogens with one attached hydrogen (secondary N) is 1. The lowest BCUT2D eigenvalue weighted by Gasteiger charge is -2.13. The van der Waals surface area contributed by atoms with E-state index in [-0.39, 0.29) is 12.1 Å². The number of aliphatic hydroxyl groups excluding tert-OH is 1. The van der Waals surface area contributed by atoms with Gasteiger partial charge in [0, 0.05) is 17.8 Å². The zero-order chi connectivity index (χ0) is 10.8. The highest BCUT2D eigenvalue weighted by atomic mass is 16.3. The molecule has 1 aliphatic rings. The minimum atomic E-state index is -0.178. The van der Waals surface area contributed by atoms with Gasteiger partial charge < -0.3 is 16.2 Å². The van der Waals surface area contributed by atoms with Gasteiger partial charge in [0.1, 0.15) is 5.82 Å². The Bertz CT molecular complexity index is 335. The minimum absolute atomic E-state index is 0.178. The molecule has 1 aromatic rings. The molecule has 0 radical (unpaired) electrons. The van der Waals surface area contributed by atoms with Crippen LogP contribution in [0.3, 0.4) is 0 Å². The summed E-state index contributed by atoms with van der Waals surface area (Å²) in [5.74, 6) is 1.04. The predicted molar refractivity (Wildman–Crippen MR) is 58.4 cm³/mol. The highest BCUT2D eigenvalue weighted by Gasteiger charge is 2.22. The molecule has 2 atom stereocenters. The summed E-state index contributed by atoms with van der Waals surface area (Å²) in [6.45, 7) is 1.88. The average Bonchev–Trinajstić information content (AvgIpc) is 2.49. The maximum absolute atomic E-state index is 9.39. The number of anilines is 2. The van der Waals surface area contributed by atoms with Crippen LogP contribution in [0.25, 0.3) is 0 Å². The van der Waals surface area contributed by atoms with Gasteiger partial charge >= 0.3 is 0 Å². The standard InChI is InChI=1S/C10H16N4O/c1-6-4-9(14-10(11)12-6)13-7-2-3-8(15)5-7/h4,7-8,15H,2-3,5H2,1H3,(H3,11,12,13,14). The first-order chi connectivity index (χ1) is 7.13. The van der Waals surface area contributed by atoms with Crippen molar-refractivity contribution in [1.29, 1.82) is 0 Å². The number of rotatable bonds is 2. The molecular formula is C10H16N4O. The fourth-order valence-corrected chi connectivity index (χ4v) is 1.96. The molecule has 0 bridgehead atoms. The van der Waals surface area contributed by atoms with Crippen molar-refractivity contribution in [3.8, 4) is 0 Å². The maximum Gasteiger partial charge on any atom is 0.222 e. The molecule has 0 amide bonds. The maximum atomic E-state index is 9.39. The Hall–Kier alpha value is -1.36. The van der Waals surface area contributed by atoms with Gasteiger partial charge in [0.15, 0.2) is 0 Å². The van der Waals surface area contributed by atoms with Crippen molar-refractivity contribution in [3.05, 3.63) is 11.8 Å². The van der Waals surface area contributed by atoms with E-state index in [1.54, 1.807) is 0 Å². The Balaban J connectivity index is 2.04. The number of hydrogen-bond donors (Lipinski definition) is 3. The smallest absolute Gasteiger partial charge is 0.222 e.